The Labute approximate surface area is 146 Å². The number of amides is 2. The lowest BCUT2D eigenvalue weighted by Gasteiger charge is -2.29. The molecule has 1 saturated heterocycles. The molecule has 1 fully saturated rings. The van der Waals surface area contributed by atoms with Crippen LogP contribution < -0.4 is 5.32 Å². The van der Waals surface area contributed by atoms with E-state index in [-0.39, 0.29) is 12.1 Å². The highest BCUT2D eigenvalue weighted by Crippen LogP contribution is 2.33. The Morgan fingerprint density at radius 2 is 2.17 bits per heavy atom. The number of likely N-dealkylation sites (tertiary alicyclic amines) is 1. The largest absolute Gasteiger partial charge is 0.322 e. The van der Waals surface area contributed by atoms with Crippen molar-refractivity contribution in [2.75, 3.05) is 11.9 Å². The average Bonchev–Trinajstić information content (AvgIpc) is 2.95. The fourth-order valence-corrected chi connectivity index (χ4v) is 4.05. The van der Waals surface area contributed by atoms with Gasteiger partial charge in [0.2, 0.25) is 0 Å². The van der Waals surface area contributed by atoms with Gasteiger partial charge in [-0.1, -0.05) is 36.6 Å². The summed E-state index contributed by atoms with van der Waals surface area (Å²) in [6.07, 6.45) is 4.44. The quantitative estimate of drug-likeness (QED) is 0.724. The fraction of sp³-hybridized carbons (Fsp3) is 0.389. The second-order valence-corrected chi connectivity index (χ2v) is 7.35. The molecule has 3 rings (SSSR count). The van der Waals surface area contributed by atoms with Crippen molar-refractivity contribution in [3.8, 4) is 0 Å². The third-order valence-corrected chi connectivity index (χ3v) is 5.69. The van der Waals surface area contributed by atoms with E-state index in [9.17, 15) is 4.79 Å². The van der Waals surface area contributed by atoms with Crippen LogP contribution in [0.15, 0.2) is 35.7 Å². The number of hydrogen-bond acceptors (Lipinski definition) is 2. The summed E-state index contributed by atoms with van der Waals surface area (Å²) in [7, 11) is 0. The minimum absolute atomic E-state index is 0.0368. The smallest absolute Gasteiger partial charge is 0.317 e. The van der Waals surface area contributed by atoms with Gasteiger partial charge in [-0.05, 0) is 48.9 Å². The van der Waals surface area contributed by atoms with Crippen LogP contribution in [0.5, 0.6) is 0 Å². The minimum Gasteiger partial charge on any atom is -0.317 e. The first-order valence-corrected chi connectivity index (χ1v) is 9.28. The molecule has 5 heteroatoms. The Bertz CT molecular complexity index is 672. The molecule has 0 spiro atoms. The van der Waals surface area contributed by atoms with Crippen LogP contribution in [-0.2, 0) is 0 Å². The van der Waals surface area contributed by atoms with Crippen molar-refractivity contribution in [2.24, 2.45) is 0 Å². The first-order chi connectivity index (χ1) is 11.1. The molecule has 2 aromatic rings. The SMILES string of the molecule is Cc1ccc(NC(=O)N2CCCCCC2c2cccs2)cc1Cl. The zero-order valence-corrected chi connectivity index (χ0v) is 14.8. The summed E-state index contributed by atoms with van der Waals surface area (Å²) in [5.74, 6) is 0. The summed E-state index contributed by atoms with van der Waals surface area (Å²) in [4.78, 5) is 16.0. The van der Waals surface area contributed by atoms with E-state index in [1.807, 2.05) is 30.0 Å². The summed E-state index contributed by atoms with van der Waals surface area (Å²) in [5.41, 5.74) is 1.76. The number of nitrogens with one attached hydrogen (secondary N) is 1. The highest BCUT2D eigenvalue weighted by molar-refractivity contribution is 7.10. The predicted octanol–water partition coefficient (Wildman–Crippen LogP) is 5.86. The number of anilines is 1. The Balaban J connectivity index is 1.78. The molecule has 0 saturated carbocycles. The molecule has 0 bridgehead atoms. The van der Waals surface area contributed by atoms with E-state index in [4.69, 9.17) is 11.6 Å². The summed E-state index contributed by atoms with van der Waals surface area (Å²) < 4.78 is 0. The zero-order valence-electron chi connectivity index (χ0n) is 13.2. The van der Waals surface area contributed by atoms with Gasteiger partial charge in [0, 0.05) is 22.1 Å². The second-order valence-electron chi connectivity index (χ2n) is 5.97. The van der Waals surface area contributed by atoms with Crippen molar-refractivity contribution in [1.29, 1.82) is 0 Å². The molecule has 2 heterocycles. The first kappa shape index (κ1) is 16.3. The summed E-state index contributed by atoms with van der Waals surface area (Å²) >= 11 is 7.88. The topological polar surface area (TPSA) is 32.3 Å². The normalized spacial score (nSPS) is 18.5. The third-order valence-electron chi connectivity index (χ3n) is 4.31. The van der Waals surface area contributed by atoms with Crippen LogP contribution in [0.2, 0.25) is 5.02 Å². The van der Waals surface area contributed by atoms with E-state index in [2.05, 4.69) is 22.8 Å². The standard InChI is InChI=1S/C18H21ClN2OS/c1-13-8-9-14(12-15(13)19)20-18(22)21-10-4-2-3-6-16(21)17-7-5-11-23-17/h5,7-9,11-12,16H,2-4,6,10H2,1H3,(H,20,22). The van der Waals surface area contributed by atoms with E-state index >= 15 is 0 Å². The fourth-order valence-electron chi connectivity index (χ4n) is 2.99. The monoisotopic (exact) mass is 348 g/mol. The van der Waals surface area contributed by atoms with Gasteiger partial charge in [-0.15, -0.1) is 11.3 Å². The van der Waals surface area contributed by atoms with E-state index in [0.29, 0.717) is 5.02 Å². The molecule has 0 aliphatic carbocycles. The Hall–Kier alpha value is -1.52. The number of halogens is 1. The van der Waals surface area contributed by atoms with Crippen LogP contribution in [0.4, 0.5) is 10.5 Å². The van der Waals surface area contributed by atoms with Gasteiger partial charge in [-0.25, -0.2) is 4.79 Å². The maximum atomic E-state index is 12.8. The number of aryl methyl sites for hydroxylation is 1. The summed E-state index contributed by atoms with van der Waals surface area (Å²) in [5, 5.41) is 5.76. The number of hydrogen-bond donors (Lipinski definition) is 1. The third kappa shape index (κ3) is 3.88. The van der Waals surface area contributed by atoms with Crippen molar-refractivity contribution in [2.45, 2.75) is 38.6 Å². The lowest BCUT2D eigenvalue weighted by Crippen LogP contribution is -2.37. The number of carbonyl (C=O) groups excluding carboxylic acids is 1. The minimum atomic E-state index is -0.0368. The average molecular weight is 349 g/mol. The number of benzene rings is 1. The molecule has 1 aliphatic heterocycles. The van der Waals surface area contributed by atoms with Crippen molar-refractivity contribution < 1.29 is 4.79 Å². The van der Waals surface area contributed by atoms with Gasteiger partial charge in [0.1, 0.15) is 0 Å². The van der Waals surface area contributed by atoms with Gasteiger partial charge in [0.05, 0.1) is 6.04 Å². The molecule has 1 unspecified atom stereocenters. The number of nitrogens with zero attached hydrogens (tertiary/aromatic N) is 1. The zero-order chi connectivity index (χ0) is 16.2. The lowest BCUT2D eigenvalue weighted by molar-refractivity contribution is 0.190. The van der Waals surface area contributed by atoms with E-state index < -0.39 is 0 Å². The maximum absolute atomic E-state index is 12.8. The molecule has 1 aromatic carbocycles. The molecule has 23 heavy (non-hydrogen) atoms. The van der Waals surface area contributed by atoms with Crippen LogP contribution in [-0.4, -0.2) is 17.5 Å². The van der Waals surface area contributed by atoms with E-state index in [1.54, 1.807) is 11.3 Å². The molecular formula is C18H21ClN2OS. The summed E-state index contributed by atoms with van der Waals surface area (Å²) in [6.45, 7) is 2.75. The van der Waals surface area contributed by atoms with Gasteiger partial charge >= 0.3 is 6.03 Å². The Morgan fingerprint density at radius 1 is 1.30 bits per heavy atom. The number of rotatable bonds is 2. The second kappa shape index (κ2) is 7.37. The molecule has 122 valence electrons. The van der Waals surface area contributed by atoms with Gasteiger partial charge < -0.3 is 10.2 Å². The van der Waals surface area contributed by atoms with Crippen LogP contribution >= 0.6 is 22.9 Å². The van der Waals surface area contributed by atoms with Crippen molar-refractivity contribution in [3.05, 3.63) is 51.2 Å². The highest BCUT2D eigenvalue weighted by Gasteiger charge is 2.27. The van der Waals surface area contributed by atoms with Gasteiger partial charge in [0.15, 0.2) is 0 Å². The molecule has 1 N–H and O–H groups in total. The van der Waals surface area contributed by atoms with Crippen molar-refractivity contribution >= 4 is 34.7 Å². The molecule has 1 atom stereocenters. The predicted molar refractivity (Wildman–Crippen MR) is 97.4 cm³/mol. The molecular weight excluding hydrogens is 328 g/mol. The molecule has 1 aliphatic rings. The van der Waals surface area contributed by atoms with Crippen LogP contribution in [0.3, 0.4) is 0 Å². The lowest BCUT2D eigenvalue weighted by atomic mass is 10.1. The molecule has 2 amide bonds. The number of urea groups is 1. The number of carbonyl (C=O) groups is 1. The molecule has 1 aromatic heterocycles. The van der Waals surface area contributed by atoms with E-state index in [1.165, 1.54) is 17.7 Å². The molecule has 0 radical (unpaired) electrons. The van der Waals surface area contributed by atoms with Crippen LogP contribution in [0, 0.1) is 6.92 Å². The van der Waals surface area contributed by atoms with E-state index in [0.717, 1.165) is 30.6 Å². The first-order valence-electron chi connectivity index (χ1n) is 8.02. The van der Waals surface area contributed by atoms with Gasteiger partial charge in [0.25, 0.3) is 0 Å². The van der Waals surface area contributed by atoms with Crippen molar-refractivity contribution in [3.63, 3.8) is 0 Å². The van der Waals surface area contributed by atoms with Crippen molar-refractivity contribution in [1.82, 2.24) is 4.90 Å². The van der Waals surface area contributed by atoms with Crippen LogP contribution in [0.1, 0.15) is 42.2 Å². The summed E-state index contributed by atoms with van der Waals surface area (Å²) in [6, 6.07) is 9.97. The molecule has 3 nitrogen and oxygen atoms in total. The number of thiophene rings is 1. The van der Waals surface area contributed by atoms with Gasteiger partial charge in [-0.2, -0.15) is 0 Å². The van der Waals surface area contributed by atoms with Gasteiger partial charge in [-0.3, -0.25) is 0 Å². The highest BCUT2D eigenvalue weighted by atomic mass is 35.5. The Kier molecular flexibility index (Phi) is 5.23. The Morgan fingerprint density at radius 3 is 2.91 bits per heavy atom. The maximum Gasteiger partial charge on any atom is 0.322 e. The van der Waals surface area contributed by atoms with Crippen LogP contribution in [0.25, 0.3) is 0 Å².